The van der Waals surface area contributed by atoms with Gasteiger partial charge in [0.05, 0.1) is 13.2 Å². The van der Waals surface area contributed by atoms with Crippen LogP contribution in [-0.4, -0.2) is 38.9 Å². The lowest BCUT2D eigenvalue weighted by atomic mass is 9.98. The number of ether oxygens (including phenoxy) is 1. The monoisotopic (exact) mass is 214 g/mol. The molecule has 3 heteroatoms. The van der Waals surface area contributed by atoms with Gasteiger partial charge in [-0.3, -0.25) is 0 Å². The van der Waals surface area contributed by atoms with E-state index in [9.17, 15) is 0 Å². The van der Waals surface area contributed by atoms with Crippen LogP contribution >= 0.6 is 0 Å². The maximum absolute atomic E-state index is 5.41. The highest BCUT2D eigenvalue weighted by atomic mass is 16.5. The fraction of sp³-hybridized carbons (Fsp3) is 1.00. The van der Waals surface area contributed by atoms with Gasteiger partial charge in [0.15, 0.2) is 0 Å². The minimum absolute atomic E-state index is 0.556. The first-order chi connectivity index (χ1) is 7.20. The van der Waals surface area contributed by atoms with Crippen molar-refractivity contribution < 1.29 is 4.74 Å². The molecule has 1 aliphatic heterocycles. The van der Waals surface area contributed by atoms with E-state index in [0.717, 1.165) is 44.7 Å². The summed E-state index contributed by atoms with van der Waals surface area (Å²) in [7, 11) is 0. The fourth-order valence-electron chi connectivity index (χ4n) is 1.65. The molecule has 3 nitrogen and oxygen atoms in total. The van der Waals surface area contributed by atoms with E-state index in [2.05, 4.69) is 31.4 Å². The average molecular weight is 214 g/mol. The second kappa shape index (κ2) is 7.20. The Morgan fingerprint density at radius 3 is 2.80 bits per heavy atom. The molecule has 2 atom stereocenters. The zero-order valence-corrected chi connectivity index (χ0v) is 10.4. The van der Waals surface area contributed by atoms with Crippen molar-refractivity contribution in [3.63, 3.8) is 0 Å². The van der Waals surface area contributed by atoms with E-state index < -0.39 is 0 Å². The Morgan fingerprint density at radius 1 is 1.40 bits per heavy atom. The van der Waals surface area contributed by atoms with Crippen molar-refractivity contribution in [3.8, 4) is 0 Å². The molecule has 90 valence electrons. The van der Waals surface area contributed by atoms with Crippen LogP contribution in [-0.2, 0) is 4.74 Å². The Hall–Kier alpha value is -0.120. The minimum atomic E-state index is 0.556. The Bertz CT molecular complexity index is 156. The molecule has 0 aromatic heterocycles. The van der Waals surface area contributed by atoms with E-state index in [0.29, 0.717) is 6.04 Å². The lowest BCUT2D eigenvalue weighted by molar-refractivity contribution is 0.0741. The summed E-state index contributed by atoms with van der Waals surface area (Å²) in [5, 5.41) is 6.98. The maximum Gasteiger partial charge on any atom is 0.0620 e. The van der Waals surface area contributed by atoms with Crippen LogP contribution in [0.15, 0.2) is 0 Å². The van der Waals surface area contributed by atoms with E-state index >= 15 is 0 Å². The van der Waals surface area contributed by atoms with E-state index in [-0.39, 0.29) is 0 Å². The number of rotatable bonds is 6. The molecule has 0 saturated carbocycles. The molecule has 1 heterocycles. The van der Waals surface area contributed by atoms with Crippen LogP contribution in [0.4, 0.5) is 0 Å². The highest BCUT2D eigenvalue weighted by Crippen LogP contribution is 2.07. The third kappa shape index (κ3) is 5.50. The lowest BCUT2D eigenvalue weighted by Crippen LogP contribution is -2.43. The fourth-order valence-corrected chi connectivity index (χ4v) is 1.65. The predicted octanol–water partition coefficient (Wildman–Crippen LogP) is 1.25. The van der Waals surface area contributed by atoms with E-state index in [4.69, 9.17) is 4.74 Å². The van der Waals surface area contributed by atoms with E-state index in [1.54, 1.807) is 0 Å². The minimum Gasteiger partial charge on any atom is -0.379 e. The topological polar surface area (TPSA) is 33.3 Å². The first-order valence-electron chi connectivity index (χ1n) is 6.22. The molecule has 0 amide bonds. The summed E-state index contributed by atoms with van der Waals surface area (Å²) in [5.74, 6) is 1.54. The molecule has 1 fully saturated rings. The standard InChI is InChI=1S/C12H26N2O/c1-10(2)11(3)8-13-5-4-12-9-15-7-6-14-12/h10-14H,4-9H2,1-3H3. The van der Waals surface area contributed by atoms with Gasteiger partial charge in [-0.05, 0) is 31.3 Å². The highest BCUT2D eigenvalue weighted by Gasteiger charge is 2.12. The Kier molecular flexibility index (Phi) is 6.22. The summed E-state index contributed by atoms with van der Waals surface area (Å²) in [6, 6.07) is 0.556. The first-order valence-corrected chi connectivity index (χ1v) is 6.22. The quantitative estimate of drug-likeness (QED) is 0.653. The van der Waals surface area contributed by atoms with Gasteiger partial charge in [-0.2, -0.15) is 0 Å². The van der Waals surface area contributed by atoms with E-state index in [1.807, 2.05) is 0 Å². The van der Waals surface area contributed by atoms with Crippen molar-refractivity contribution in [2.24, 2.45) is 11.8 Å². The molecule has 2 N–H and O–H groups in total. The Labute approximate surface area is 94.0 Å². The van der Waals surface area contributed by atoms with Gasteiger partial charge in [-0.25, -0.2) is 0 Å². The highest BCUT2D eigenvalue weighted by molar-refractivity contribution is 4.71. The largest absolute Gasteiger partial charge is 0.379 e. The number of hydrogen-bond donors (Lipinski definition) is 2. The van der Waals surface area contributed by atoms with Gasteiger partial charge >= 0.3 is 0 Å². The molecule has 1 saturated heterocycles. The van der Waals surface area contributed by atoms with Crippen molar-refractivity contribution in [2.45, 2.75) is 33.2 Å². The van der Waals surface area contributed by atoms with Crippen LogP contribution in [0.2, 0.25) is 0 Å². The summed E-state index contributed by atoms with van der Waals surface area (Å²) in [5.41, 5.74) is 0. The zero-order chi connectivity index (χ0) is 11.1. The molecule has 0 bridgehead atoms. The van der Waals surface area contributed by atoms with Crippen LogP contribution in [0, 0.1) is 11.8 Å². The third-order valence-corrected chi connectivity index (χ3v) is 3.27. The van der Waals surface area contributed by atoms with Crippen LogP contribution < -0.4 is 10.6 Å². The SMILES string of the molecule is CC(C)C(C)CNCCC1COCCN1. The molecule has 2 unspecified atom stereocenters. The summed E-state index contributed by atoms with van der Waals surface area (Å²) in [6.45, 7) is 11.8. The summed E-state index contributed by atoms with van der Waals surface area (Å²) >= 11 is 0. The van der Waals surface area contributed by atoms with Gasteiger partial charge in [-0.15, -0.1) is 0 Å². The van der Waals surface area contributed by atoms with Crippen LogP contribution in [0.5, 0.6) is 0 Å². The maximum atomic E-state index is 5.41. The van der Waals surface area contributed by atoms with Crippen molar-refractivity contribution >= 4 is 0 Å². The van der Waals surface area contributed by atoms with Crippen molar-refractivity contribution in [1.29, 1.82) is 0 Å². The van der Waals surface area contributed by atoms with Crippen LogP contribution in [0.3, 0.4) is 0 Å². The molecule has 0 radical (unpaired) electrons. The lowest BCUT2D eigenvalue weighted by Gasteiger charge is -2.24. The molecule has 0 aromatic carbocycles. The predicted molar refractivity (Wildman–Crippen MR) is 64.1 cm³/mol. The summed E-state index contributed by atoms with van der Waals surface area (Å²) < 4.78 is 5.41. The van der Waals surface area contributed by atoms with Crippen molar-refractivity contribution in [3.05, 3.63) is 0 Å². The molecule has 0 aromatic rings. The molecule has 1 rings (SSSR count). The molecular weight excluding hydrogens is 188 g/mol. The summed E-state index contributed by atoms with van der Waals surface area (Å²) in [4.78, 5) is 0. The van der Waals surface area contributed by atoms with Gasteiger partial charge in [0.25, 0.3) is 0 Å². The van der Waals surface area contributed by atoms with Gasteiger partial charge < -0.3 is 15.4 Å². The van der Waals surface area contributed by atoms with Crippen LogP contribution in [0.25, 0.3) is 0 Å². The average Bonchev–Trinajstić information content (AvgIpc) is 2.25. The molecule has 0 spiro atoms. The Balaban J connectivity index is 1.96. The van der Waals surface area contributed by atoms with Gasteiger partial charge in [0.2, 0.25) is 0 Å². The second-order valence-corrected chi connectivity index (χ2v) is 4.94. The summed E-state index contributed by atoms with van der Waals surface area (Å²) in [6.07, 6.45) is 1.17. The molecule has 0 aliphatic carbocycles. The number of morpholine rings is 1. The van der Waals surface area contributed by atoms with Gasteiger partial charge in [0, 0.05) is 12.6 Å². The Morgan fingerprint density at radius 2 is 2.20 bits per heavy atom. The smallest absolute Gasteiger partial charge is 0.0620 e. The third-order valence-electron chi connectivity index (χ3n) is 3.27. The molecule has 15 heavy (non-hydrogen) atoms. The van der Waals surface area contributed by atoms with Crippen LogP contribution in [0.1, 0.15) is 27.2 Å². The van der Waals surface area contributed by atoms with Crippen molar-refractivity contribution in [2.75, 3.05) is 32.8 Å². The number of nitrogens with one attached hydrogen (secondary N) is 2. The molecular formula is C12H26N2O. The second-order valence-electron chi connectivity index (χ2n) is 4.94. The zero-order valence-electron chi connectivity index (χ0n) is 10.4. The normalized spacial score (nSPS) is 24.4. The number of hydrogen-bond acceptors (Lipinski definition) is 3. The van der Waals surface area contributed by atoms with Gasteiger partial charge in [-0.1, -0.05) is 20.8 Å². The van der Waals surface area contributed by atoms with Crippen molar-refractivity contribution in [1.82, 2.24) is 10.6 Å². The first kappa shape index (κ1) is 12.9. The van der Waals surface area contributed by atoms with E-state index in [1.165, 1.54) is 6.42 Å². The van der Waals surface area contributed by atoms with Gasteiger partial charge in [0.1, 0.15) is 0 Å². The molecule has 1 aliphatic rings.